The molecule has 10 nitrogen and oxygen atoms in total. The molecule has 0 spiro atoms. The maximum absolute atomic E-state index is 13.1. The molecule has 2 aromatic rings. The molecule has 0 aromatic heterocycles. The summed E-state index contributed by atoms with van der Waals surface area (Å²) in [6.07, 6.45) is 0. The van der Waals surface area contributed by atoms with Gasteiger partial charge in [0.05, 0.1) is 25.9 Å². The van der Waals surface area contributed by atoms with Crippen molar-refractivity contribution < 1.29 is 32.1 Å². The summed E-state index contributed by atoms with van der Waals surface area (Å²) in [4.78, 5) is 33.2. The van der Waals surface area contributed by atoms with Gasteiger partial charge in [-0.05, 0) is 30.3 Å². The van der Waals surface area contributed by atoms with Crippen LogP contribution >= 0.6 is 23.2 Å². The number of carbonyl (C=O) groups excluding carboxylic acids is 2. The Kier molecular flexibility index (Phi) is 7.67. The Balaban J connectivity index is 1.89. The molecule has 30 heavy (non-hydrogen) atoms. The van der Waals surface area contributed by atoms with E-state index in [0.29, 0.717) is 6.07 Å². The topological polar surface area (TPSA) is 145 Å². The minimum Gasteiger partial charge on any atom is -0.455 e. The van der Waals surface area contributed by atoms with E-state index < -0.39 is 51.5 Å². The van der Waals surface area contributed by atoms with Crippen LogP contribution < -0.4 is 10.0 Å². The maximum atomic E-state index is 13.1. The second-order valence-corrected chi connectivity index (χ2v) is 8.11. The number of benzene rings is 2. The Labute approximate surface area is 179 Å². The summed E-state index contributed by atoms with van der Waals surface area (Å²) >= 11 is 11.5. The van der Waals surface area contributed by atoms with Crippen LogP contribution in [0.5, 0.6) is 0 Å². The second kappa shape index (κ2) is 9.80. The Morgan fingerprint density at radius 2 is 1.83 bits per heavy atom. The predicted octanol–water partition coefficient (Wildman–Crippen LogP) is 2.50. The summed E-state index contributed by atoms with van der Waals surface area (Å²) in [6.45, 7) is -1.66. The van der Waals surface area contributed by atoms with Crippen LogP contribution in [0.2, 0.25) is 10.0 Å². The number of hydrogen-bond donors (Lipinski definition) is 2. The van der Waals surface area contributed by atoms with Crippen molar-refractivity contribution in [3.8, 4) is 0 Å². The molecule has 2 N–H and O–H groups in total. The number of nitrogens with zero attached hydrogens (tertiary/aromatic N) is 1. The van der Waals surface area contributed by atoms with Crippen molar-refractivity contribution in [1.82, 2.24) is 4.72 Å². The summed E-state index contributed by atoms with van der Waals surface area (Å²) in [5.41, 5.74) is -0.994. The molecule has 1 amide bonds. The molecular formula is C16H12Cl2FN3O7S. The molecule has 0 saturated heterocycles. The molecule has 0 heterocycles. The highest BCUT2D eigenvalue weighted by molar-refractivity contribution is 7.89. The molecule has 0 aliphatic rings. The normalized spacial score (nSPS) is 11.0. The highest BCUT2D eigenvalue weighted by Crippen LogP contribution is 2.25. The van der Waals surface area contributed by atoms with Gasteiger partial charge in [-0.1, -0.05) is 23.2 Å². The number of esters is 1. The molecular weight excluding hydrogens is 468 g/mol. The third-order valence-electron chi connectivity index (χ3n) is 3.40. The molecule has 0 radical (unpaired) electrons. The van der Waals surface area contributed by atoms with E-state index in [1.807, 2.05) is 4.72 Å². The number of nitrogens with one attached hydrogen (secondary N) is 2. The van der Waals surface area contributed by atoms with Crippen LogP contribution in [0.15, 0.2) is 41.3 Å². The fourth-order valence-corrected chi connectivity index (χ4v) is 3.38. The van der Waals surface area contributed by atoms with E-state index in [-0.39, 0.29) is 20.6 Å². The van der Waals surface area contributed by atoms with Crippen LogP contribution in [0.3, 0.4) is 0 Å². The molecule has 2 aromatic carbocycles. The molecule has 0 aliphatic carbocycles. The number of nitro benzene ring substituents is 1. The Hall–Kier alpha value is -2.80. The summed E-state index contributed by atoms with van der Waals surface area (Å²) in [6, 6.07) is 5.99. The summed E-state index contributed by atoms with van der Waals surface area (Å²) < 4.78 is 43.9. The van der Waals surface area contributed by atoms with E-state index in [1.165, 1.54) is 12.1 Å². The number of anilines is 1. The molecule has 0 fully saturated rings. The van der Waals surface area contributed by atoms with Crippen molar-refractivity contribution >= 4 is 56.5 Å². The van der Waals surface area contributed by atoms with Crippen molar-refractivity contribution in [3.05, 3.63) is 62.4 Å². The zero-order valence-corrected chi connectivity index (χ0v) is 17.1. The third kappa shape index (κ3) is 6.35. The molecule has 160 valence electrons. The zero-order chi connectivity index (χ0) is 22.5. The number of sulfonamides is 1. The van der Waals surface area contributed by atoms with Crippen LogP contribution in [-0.4, -0.2) is 38.4 Å². The lowest BCUT2D eigenvalue weighted by atomic mass is 10.2. The Bertz CT molecular complexity index is 1110. The highest BCUT2D eigenvalue weighted by Gasteiger charge is 2.20. The van der Waals surface area contributed by atoms with Crippen molar-refractivity contribution in [2.75, 3.05) is 18.5 Å². The first-order valence-corrected chi connectivity index (χ1v) is 10.1. The van der Waals surface area contributed by atoms with Crippen molar-refractivity contribution in [3.63, 3.8) is 0 Å². The smallest absolute Gasteiger partial charge is 0.321 e. The number of halogens is 3. The summed E-state index contributed by atoms with van der Waals surface area (Å²) in [7, 11) is -4.11. The van der Waals surface area contributed by atoms with Crippen LogP contribution in [0.4, 0.5) is 15.8 Å². The van der Waals surface area contributed by atoms with E-state index in [4.69, 9.17) is 23.2 Å². The van der Waals surface area contributed by atoms with Crippen LogP contribution in [0.1, 0.15) is 0 Å². The van der Waals surface area contributed by atoms with Gasteiger partial charge in [-0.2, -0.15) is 4.72 Å². The summed E-state index contributed by atoms with van der Waals surface area (Å²) in [5, 5.41) is 13.1. The third-order valence-corrected chi connectivity index (χ3v) is 5.54. The maximum Gasteiger partial charge on any atom is 0.321 e. The standard InChI is InChI=1S/C16H12Cl2FN3O7S/c17-11-3-2-10(6-12(11)18)30(27,28)20-7-16(24)29-8-15(23)21-13-4-1-9(19)5-14(13)22(25)26/h1-6,20H,7-8H2,(H,21,23). The fraction of sp³-hybridized carbons (Fsp3) is 0.125. The number of hydrogen-bond acceptors (Lipinski definition) is 7. The van der Waals surface area contributed by atoms with Crippen LogP contribution in [0, 0.1) is 15.9 Å². The number of rotatable bonds is 8. The molecule has 0 aliphatic heterocycles. The average molecular weight is 480 g/mol. The van der Waals surface area contributed by atoms with Crippen molar-refractivity contribution in [1.29, 1.82) is 0 Å². The van der Waals surface area contributed by atoms with Gasteiger partial charge in [-0.15, -0.1) is 0 Å². The Morgan fingerprint density at radius 1 is 1.13 bits per heavy atom. The molecule has 0 atom stereocenters. The van der Waals surface area contributed by atoms with Gasteiger partial charge in [0.15, 0.2) is 6.61 Å². The minimum atomic E-state index is -4.11. The number of carbonyl (C=O) groups is 2. The highest BCUT2D eigenvalue weighted by atomic mass is 35.5. The monoisotopic (exact) mass is 479 g/mol. The predicted molar refractivity (Wildman–Crippen MR) is 104 cm³/mol. The van der Waals surface area contributed by atoms with E-state index in [9.17, 15) is 32.5 Å². The first-order valence-electron chi connectivity index (χ1n) is 7.84. The van der Waals surface area contributed by atoms with Gasteiger partial charge in [0.2, 0.25) is 10.0 Å². The Morgan fingerprint density at radius 3 is 2.47 bits per heavy atom. The van der Waals surface area contributed by atoms with E-state index in [0.717, 1.165) is 18.2 Å². The van der Waals surface area contributed by atoms with Crippen molar-refractivity contribution in [2.45, 2.75) is 4.90 Å². The van der Waals surface area contributed by atoms with Crippen molar-refractivity contribution in [2.24, 2.45) is 0 Å². The summed E-state index contributed by atoms with van der Waals surface area (Å²) in [5.74, 6) is -2.92. The number of nitro groups is 1. The SMILES string of the molecule is O=C(COC(=O)CNS(=O)(=O)c1ccc(Cl)c(Cl)c1)Nc1ccc(F)cc1[N+](=O)[O-]. The number of amides is 1. The number of ether oxygens (including phenoxy) is 1. The second-order valence-electron chi connectivity index (χ2n) is 5.53. The molecule has 0 unspecified atom stereocenters. The minimum absolute atomic E-state index is 0.00586. The zero-order valence-electron chi connectivity index (χ0n) is 14.7. The average Bonchev–Trinajstić information content (AvgIpc) is 2.68. The largest absolute Gasteiger partial charge is 0.455 e. The van der Waals surface area contributed by atoms with Crippen LogP contribution in [0.25, 0.3) is 0 Å². The quantitative estimate of drug-likeness (QED) is 0.336. The lowest BCUT2D eigenvalue weighted by Gasteiger charge is -2.09. The first kappa shape index (κ1) is 23.5. The first-order chi connectivity index (χ1) is 14.0. The van der Waals surface area contributed by atoms with Gasteiger partial charge in [-0.25, -0.2) is 12.8 Å². The van der Waals surface area contributed by atoms with Gasteiger partial charge in [0.25, 0.3) is 11.6 Å². The van der Waals surface area contributed by atoms with E-state index in [2.05, 4.69) is 10.1 Å². The van der Waals surface area contributed by atoms with Gasteiger partial charge in [0, 0.05) is 0 Å². The van der Waals surface area contributed by atoms with Gasteiger partial charge in [0.1, 0.15) is 18.0 Å². The van der Waals surface area contributed by atoms with Crippen LogP contribution in [-0.2, 0) is 24.3 Å². The molecule has 2 rings (SSSR count). The van der Waals surface area contributed by atoms with Gasteiger partial charge < -0.3 is 10.1 Å². The molecule has 0 saturated carbocycles. The lowest BCUT2D eigenvalue weighted by molar-refractivity contribution is -0.384. The molecule has 14 heteroatoms. The fourth-order valence-electron chi connectivity index (χ4n) is 2.03. The van der Waals surface area contributed by atoms with E-state index in [1.54, 1.807) is 0 Å². The lowest BCUT2D eigenvalue weighted by Crippen LogP contribution is -2.32. The molecule has 0 bridgehead atoms. The van der Waals surface area contributed by atoms with E-state index >= 15 is 0 Å². The van der Waals surface area contributed by atoms with Gasteiger partial charge >= 0.3 is 5.97 Å². The van der Waals surface area contributed by atoms with Gasteiger partial charge in [-0.3, -0.25) is 19.7 Å².